The second kappa shape index (κ2) is 9.86. The molecule has 0 aromatic rings. The van der Waals surface area contributed by atoms with E-state index < -0.39 is 22.9 Å². The number of allylic oxidation sites excluding steroid dienone is 8. The van der Waals surface area contributed by atoms with Crippen LogP contribution in [0.15, 0.2) is 48.6 Å². The van der Waals surface area contributed by atoms with Gasteiger partial charge in [0.1, 0.15) is 0 Å². The molecule has 0 bridgehead atoms. The SMILES string of the molecule is CC(C)CC[C]1([Hf+2][C]2(CCC(C)C)C=CC=C2)C=CC=C1.[F-].[F-]. The topological polar surface area (TPSA) is 0 Å². The van der Waals surface area contributed by atoms with Crippen molar-refractivity contribution in [3.63, 3.8) is 0 Å². The largest absolute Gasteiger partial charge is 1.00 e. The van der Waals surface area contributed by atoms with Crippen LogP contribution in [0.4, 0.5) is 0 Å². The first-order chi connectivity index (χ1) is 9.95. The van der Waals surface area contributed by atoms with Crippen LogP contribution in [0.25, 0.3) is 0 Å². The molecule has 0 saturated heterocycles. The molecule has 2 aliphatic carbocycles. The summed E-state index contributed by atoms with van der Waals surface area (Å²) in [6, 6.07) is 0. The normalized spacial score (nSPS) is 19.0. The van der Waals surface area contributed by atoms with Gasteiger partial charge in [-0.25, -0.2) is 0 Å². The van der Waals surface area contributed by atoms with Gasteiger partial charge in [0.2, 0.25) is 0 Å². The number of hydrogen-bond donors (Lipinski definition) is 0. The minimum Gasteiger partial charge on any atom is -1.00 e. The average molecular weight is 487 g/mol. The Morgan fingerprint density at radius 2 is 0.957 bits per heavy atom. The van der Waals surface area contributed by atoms with Crippen molar-refractivity contribution >= 4 is 0 Å². The van der Waals surface area contributed by atoms with E-state index in [9.17, 15) is 0 Å². The van der Waals surface area contributed by atoms with Crippen molar-refractivity contribution in [1.82, 2.24) is 0 Å². The summed E-state index contributed by atoms with van der Waals surface area (Å²) in [7, 11) is 0. The Morgan fingerprint density at radius 1 is 0.652 bits per heavy atom. The maximum Gasteiger partial charge on any atom is -1.00 e. The monoisotopic (exact) mass is 488 g/mol. The fraction of sp³-hybridized carbons (Fsp3) is 0.600. The summed E-state index contributed by atoms with van der Waals surface area (Å²) in [5, 5.41) is 0. The van der Waals surface area contributed by atoms with E-state index in [0.29, 0.717) is 6.34 Å². The molecule has 0 aromatic heterocycles. The zero-order valence-electron chi connectivity index (χ0n) is 14.9. The van der Waals surface area contributed by atoms with Crippen molar-refractivity contribution in [2.24, 2.45) is 11.8 Å². The molecule has 0 fully saturated rings. The van der Waals surface area contributed by atoms with Gasteiger partial charge in [-0.15, -0.1) is 0 Å². The second-order valence-corrected chi connectivity index (χ2v) is 15.1. The van der Waals surface area contributed by atoms with Gasteiger partial charge >= 0.3 is 143 Å². The first-order valence-electron chi connectivity index (χ1n) is 8.49. The molecule has 0 heterocycles. The molecule has 0 atom stereocenters. The molecular formula is C20H30F2Hf. The predicted octanol–water partition coefficient (Wildman–Crippen LogP) is 0.519. The fourth-order valence-electron chi connectivity index (χ4n) is 3.13. The Labute approximate surface area is 152 Å². The Bertz CT molecular complexity index is 392. The summed E-state index contributed by atoms with van der Waals surface area (Å²) in [6.45, 7) is 9.42. The molecule has 0 aliphatic heterocycles. The van der Waals surface area contributed by atoms with Crippen LogP contribution in [0.2, 0.25) is 6.34 Å². The first kappa shape index (κ1) is 22.7. The molecule has 0 saturated carbocycles. The van der Waals surface area contributed by atoms with E-state index in [0.717, 1.165) is 11.8 Å². The van der Waals surface area contributed by atoms with Crippen LogP contribution in [0.1, 0.15) is 53.4 Å². The van der Waals surface area contributed by atoms with Gasteiger partial charge in [-0.3, -0.25) is 0 Å². The van der Waals surface area contributed by atoms with Gasteiger partial charge in [0, 0.05) is 0 Å². The van der Waals surface area contributed by atoms with E-state index in [1.807, 2.05) is 0 Å². The van der Waals surface area contributed by atoms with Gasteiger partial charge in [-0.05, 0) is 0 Å². The molecule has 2 rings (SSSR count). The van der Waals surface area contributed by atoms with Gasteiger partial charge in [0.15, 0.2) is 0 Å². The standard InChI is InChI=1S/2C10H15.2FH.Hf/c2*1-9(2)7-8-10-5-3-4-6-10;;;/h2*3-6,9H,7-8H2,1-2H3;2*1H;/q;;;;+2/p-2. The molecule has 2 aliphatic rings. The van der Waals surface area contributed by atoms with Crippen molar-refractivity contribution in [2.75, 3.05) is 0 Å². The second-order valence-electron chi connectivity index (χ2n) is 7.51. The first-order valence-corrected chi connectivity index (χ1v) is 12.1. The van der Waals surface area contributed by atoms with E-state index in [4.69, 9.17) is 0 Å². The molecule has 0 N–H and O–H groups in total. The van der Waals surface area contributed by atoms with Crippen molar-refractivity contribution in [3.8, 4) is 0 Å². The quantitative estimate of drug-likeness (QED) is 0.439. The Kier molecular flexibility index (Phi) is 9.73. The van der Waals surface area contributed by atoms with Crippen LogP contribution in [0.5, 0.6) is 0 Å². The van der Waals surface area contributed by atoms with Crippen molar-refractivity contribution in [2.45, 2.75) is 59.7 Å². The van der Waals surface area contributed by atoms with E-state index in [1.165, 1.54) is 25.7 Å². The van der Waals surface area contributed by atoms with Crippen molar-refractivity contribution in [1.29, 1.82) is 0 Å². The molecule has 0 nitrogen and oxygen atoms in total. The number of rotatable bonds is 8. The molecule has 23 heavy (non-hydrogen) atoms. The Hall–Kier alpha value is -0.310. The van der Waals surface area contributed by atoms with Crippen LogP contribution in [0, 0.1) is 11.8 Å². The van der Waals surface area contributed by atoms with E-state index in [1.54, 1.807) is 0 Å². The molecule has 0 amide bonds. The summed E-state index contributed by atoms with van der Waals surface area (Å²) in [5.74, 6) is 1.63. The van der Waals surface area contributed by atoms with Gasteiger partial charge in [-0.1, -0.05) is 0 Å². The third-order valence-electron chi connectivity index (χ3n) is 4.53. The summed E-state index contributed by atoms with van der Waals surface area (Å²) < 4.78 is 0.945. The average Bonchev–Trinajstić information content (AvgIpc) is 3.06. The minimum absolute atomic E-state index is 0. The van der Waals surface area contributed by atoms with E-state index in [2.05, 4.69) is 76.3 Å². The Balaban J connectivity index is 0.00000242. The molecule has 3 heteroatoms. The molecule has 0 unspecified atom stereocenters. The Morgan fingerprint density at radius 3 is 1.22 bits per heavy atom. The molecule has 0 aromatic carbocycles. The third-order valence-corrected chi connectivity index (χ3v) is 12.1. The molecule has 128 valence electrons. The van der Waals surface area contributed by atoms with Crippen LogP contribution in [-0.4, -0.2) is 0 Å². The van der Waals surface area contributed by atoms with Gasteiger partial charge in [0.05, 0.1) is 0 Å². The van der Waals surface area contributed by atoms with E-state index in [-0.39, 0.29) is 9.41 Å². The predicted molar refractivity (Wildman–Crippen MR) is 90.1 cm³/mol. The smallest absolute Gasteiger partial charge is 1.00 e. The minimum atomic E-state index is -0.890. The molecule has 0 spiro atoms. The van der Waals surface area contributed by atoms with Gasteiger partial charge in [0.25, 0.3) is 0 Å². The van der Waals surface area contributed by atoms with Gasteiger partial charge in [-0.2, -0.15) is 0 Å². The summed E-state index contributed by atoms with van der Waals surface area (Å²) in [6.07, 6.45) is 24.8. The maximum absolute atomic E-state index is 2.54. The molecular weight excluding hydrogens is 457 g/mol. The van der Waals surface area contributed by atoms with E-state index >= 15 is 0 Å². The summed E-state index contributed by atoms with van der Waals surface area (Å²) in [5.41, 5.74) is 0. The van der Waals surface area contributed by atoms with Gasteiger partial charge < -0.3 is 9.41 Å². The van der Waals surface area contributed by atoms with Crippen molar-refractivity contribution in [3.05, 3.63) is 48.6 Å². The van der Waals surface area contributed by atoms with Crippen molar-refractivity contribution < 1.29 is 32.3 Å². The molecule has 0 radical (unpaired) electrons. The fourth-order valence-corrected chi connectivity index (χ4v) is 10.8. The number of halogens is 2. The summed E-state index contributed by atoms with van der Waals surface area (Å²) in [4.78, 5) is 0. The van der Waals surface area contributed by atoms with Crippen LogP contribution >= 0.6 is 0 Å². The van der Waals surface area contributed by atoms with Crippen LogP contribution in [0.3, 0.4) is 0 Å². The third kappa shape index (κ3) is 6.60. The summed E-state index contributed by atoms with van der Waals surface area (Å²) >= 11 is -0.890. The zero-order valence-corrected chi connectivity index (χ0v) is 18.5. The number of hydrogen-bond acceptors (Lipinski definition) is 0. The maximum atomic E-state index is 2.54. The van der Waals surface area contributed by atoms with Crippen LogP contribution in [-0.2, 0) is 22.9 Å². The van der Waals surface area contributed by atoms with Crippen LogP contribution < -0.4 is 9.41 Å². The zero-order chi connectivity index (χ0) is 15.3.